The zero-order valence-electron chi connectivity index (χ0n) is 19.1. The lowest BCUT2D eigenvalue weighted by Crippen LogP contribution is -2.71. The molecule has 3 rings (SSSR count). The summed E-state index contributed by atoms with van der Waals surface area (Å²) in [7, 11) is -3.62. The van der Waals surface area contributed by atoms with E-state index in [0.29, 0.717) is 12.1 Å². The monoisotopic (exact) mass is 449 g/mol. The third-order valence-electron chi connectivity index (χ3n) is 6.57. The summed E-state index contributed by atoms with van der Waals surface area (Å²) in [6.45, 7) is 7.13. The lowest BCUT2D eigenvalue weighted by atomic mass is 9.91. The van der Waals surface area contributed by atoms with E-state index in [4.69, 9.17) is 0 Å². The number of piperazine rings is 1. The quantitative estimate of drug-likeness (QED) is 0.723. The maximum Gasteiger partial charge on any atom is 0.247 e. The summed E-state index contributed by atoms with van der Waals surface area (Å²) in [5.74, 6) is -0.706. The van der Waals surface area contributed by atoms with Crippen LogP contribution in [-0.4, -0.2) is 55.0 Å². The second-order valence-corrected chi connectivity index (χ2v) is 11.3. The predicted octanol–water partition coefficient (Wildman–Crippen LogP) is 2.90. The van der Waals surface area contributed by atoms with Crippen molar-refractivity contribution in [2.45, 2.75) is 77.8 Å². The van der Waals surface area contributed by atoms with Crippen LogP contribution < -0.4 is 10.2 Å². The Hall–Kier alpha value is -1.93. The average Bonchev–Trinajstić information content (AvgIpc) is 2.71. The molecular formula is C23H35N3O4S. The summed E-state index contributed by atoms with van der Waals surface area (Å²) in [6, 6.07) is 5.73. The van der Waals surface area contributed by atoms with Gasteiger partial charge in [0, 0.05) is 18.3 Å². The molecule has 8 heteroatoms. The van der Waals surface area contributed by atoms with Gasteiger partial charge in [0.05, 0.1) is 12.3 Å². The summed E-state index contributed by atoms with van der Waals surface area (Å²) >= 11 is 0. The first kappa shape index (κ1) is 23.7. The van der Waals surface area contributed by atoms with Crippen LogP contribution in [0.4, 0.5) is 5.69 Å². The number of hydrogen-bond donors (Lipinski definition) is 1. The van der Waals surface area contributed by atoms with Crippen LogP contribution in [0.1, 0.15) is 63.5 Å². The van der Waals surface area contributed by atoms with E-state index in [1.807, 2.05) is 32.0 Å². The minimum atomic E-state index is -3.62. The van der Waals surface area contributed by atoms with Gasteiger partial charge in [-0.3, -0.25) is 14.5 Å². The number of rotatable bonds is 6. The van der Waals surface area contributed by atoms with Crippen molar-refractivity contribution < 1.29 is 18.0 Å². The molecule has 0 aromatic heterocycles. The third-order valence-corrected chi connectivity index (χ3v) is 8.54. The summed E-state index contributed by atoms with van der Waals surface area (Å²) in [5, 5.41) is 3.13. The second-order valence-electron chi connectivity index (χ2n) is 9.16. The summed E-state index contributed by atoms with van der Waals surface area (Å²) in [6.07, 6.45) is 5.59. The van der Waals surface area contributed by atoms with Gasteiger partial charge in [0.1, 0.15) is 5.54 Å². The molecular weight excluding hydrogens is 414 g/mol. The molecule has 2 fully saturated rings. The molecule has 1 heterocycles. The van der Waals surface area contributed by atoms with Crippen molar-refractivity contribution in [3.8, 4) is 0 Å². The van der Waals surface area contributed by atoms with E-state index in [2.05, 4.69) is 5.32 Å². The van der Waals surface area contributed by atoms with Crippen molar-refractivity contribution >= 4 is 27.5 Å². The molecule has 2 aliphatic rings. The maximum absolute atomic E-state index is 13.6. The van der Waals surface area contributed by atoms with Crippen LogP contribution in [0.15, 0.2) is 18.2 Å². The van der Waals surface area contributed by atoms with Crippen LogP contribution >= 0.6 is 0 Å². The molecule has 1 atom stereocenters. The number of hydrogen-bond acceptors (Lipinski definition) is 4. The van der Waals surface area contributed by atoms with Crippen molar-refractivity contribution in [2.24, 2.45) is 0 Å². The number of anilines is 1. The maximum atomic E-state index is 13.6. The Morgan fingerprint density at radius 1 is 1.16 bits per heavy atom. The fourth-order valence-corrected chi connectivity index (χ4v) is 6.13. The molecule has 0 radical (unpaired) electrons. The predicted molar refractivity (Wildman–Crippen MR) is 122 cm³/mol. The highest BCUT2D eigenvalue weighted by molar-refractivity contribution is 7.89. The van der Waals surface area contributed by atoms with Crippen LogP contribution in [0.25, 0.3) is 0 Å². The molecule has 1 saturated heterocycles. The molecule has 172 valence electrons. The van der Waals surface area contributed by atoms with Gasteiger partial charge in [0.15, 0.2) is 0 Å². The molecule has 0 unspecified atom stereocenters. The molecule has 0 bridgehead atoms. The standard InChI is InChI=1S/C23H35N3O4S/c1-5-13-31(29,30)25-15-21(27)26(20-12-11-17(2)18(3)14-20)23(4,16-25)22(28)24-19-9-7-6-8-10-19/h11-12,14,19H,5-10,13,15-16H2,1-4H3,(H,24,28)/t23-/m1/s1. The first-order valence-electron chi connectivity index (χ1n) is 11.3. The number of sulfonamides is 1. The Morgan fingerprint density at radius 2 is 1.84 bits per heavy atom. The smallest absolute Gasteiger partial charge is 0.247 e. The molecule has 1 aromatic rings. The fraction of sp³-hybridized carbons (Fsp3) is 0.652. The zero-order chi connectivity index (χ0) is 22.8. The minimum Gasteiger partial charge on any atom is -0.351 e. The van der Waals surface area contributed by atoms with Crippen LogP contribution in [0.2, 0.25) is 0 Å². The molecule has 1 aliphatic carbocycles. The molecule has 1 saturated carbocycles. The summed E-state index contributed by atoms with van der Waals surface area (Å²) < 4.78 is 26.8. The number of aryl methyl sites for hydroxylation is 2. The zero-order valence-corrected chi connectivity index (χ0v) is 19.9. The van der Waals surface area contributed by atoms with Crippen LogP contribution in [0.5, 0.6) is 0 Å². The van der Waals surface area contributed by atoms with E-state index in [9.17, 15) is 18.0 Å². The Kier molecular flexibility index (Phi) is 7.11. The largest absolute Gasteiger partial charge is 0.351 e. The highest BCUT2D eigenvalue weighted by atomic mass is 32.2. The number of carbonyl (C=O) groups is 2. The Labute approximate surface area is 186 Å². The number of carbonyl (C=O) groups excluding carboxylic acids is 2. The highest BCUT2D eigenvalue weighted by Crippen LogP contribution is 2.32. The third kappa shape index (κ3) is 4.95. The fourth-order valence-electron chi connectivity index (χ4n) is 4.61. The normalized spacial score (nSPS) is 23.7. The Balaban J connectivity index is 1.99. The van der Waals surface area contributed by atoms with Crippen molar-refractivity contribution in [3.05, 3.63) is 29.3 Å². The molecule has 2 amide bonds. The van der Waals surface area contributed by atoms with Crippen LogP contribution in [-0.2, 0) is 19.6 Å². The van der Waals surface area contributed by atoms with Gasteiger partial charge in [0.2, 0.25) is 21.8 Å². The SMILES string of the molecule is CCCS(=O)(=O)N1CC(=O)N(c2ccc(C)c(C)c2)[C@@](C)(C(=O)NC2CCCCC2)C1. The lowest BCUT2D eigenvalue weighted by Gasteiger charge is -2.47. The lowest BCUT2D eigenvalue weighted by molar-refractivity contribution is -0.133. The van der Waals surface area contributed by atoms with Crippen molar-refractivity contribution in [2.75, 3.05) is 23.7 Å². The first-order valence-corrected chi connectivity index (χ1v) is 12.9. The van der Waals surface area contributed by atoms with Gasteiger partial charge in [-0.1, -0.05) is 32.3 Å². The highest BCUT2D eigenvalue weighted by Gasteiger charge is 2.51. The first-order chi connectivity index (χ1) is 14.6. The average molecular weight is 450 g/mol. The van der Waals surface area contributed by atoms with E-state index >= 15 is 0 Å². The molecule has 1 N–H and O–H groups in total. The number of amides is 2. The topological polar surface area (TPSA) is 86.8 Å². The number of nitrogens with zero attached hydrogens (tertiary/aromatic N) is 2. The van der Waals surface area contributed by atoms with E-state index in [1.54, 1.807) is 13.8 Å². The van der Waals surface area contributed by atoms with Gasteiger partial charge in [-0.15, -0.1) is 0 Å². The second kappa shape index (κ2) is 9.28. The van der Waals surface area contributed by atoms with Gasteiger partial charge >= 0.3 is 0 Å². The van der Waals surface area contributed by atoms with Gasteiger partial charge in [-0.2, -0.15) is 4.31 Å². The number of benzene rings is 1. The molecule has 31 heavy (non-hydrogen) atoms. The Morgan fingerprint density at radius 3 is 2.45 bits per heavy atom. The molecule has 1 aliphatic heterocycles. The molecule has 1 aromatic carbocycles. The van der Waals surface area contributed by atoms with Crippen molar-refractivity contribution in [1.29, 1.82) is 0 Å². The van der Waals surface area contributed by atoms with Gasteiger partial charge < -0.3 is 5.32 Å². The van der Waals surface area contributed by atoms with Crippen molar-refractivity contribution in [3.63, 3.8) is 0 Å². The molecule has 7 nitrogen and oxygen atoms in total. The van der Waals surface area contributed by atoms with E-state index in [0.717, 1.165) is 36.8 Å². The molecule has 0 spiro atoms. The van der Waals surface area contributed by atoms with Gasteiger partial charge in [-0.05, 0) is 63.3 Å². The van der Waals surface area contributed by atoms with Crippen LogP contribution in [0.3, 0.4) is 0 Å². The van der Waals surface area contributed by atoms with E-state index in [1.165, 1.54) is 15.6 Å². The van der Waals surface area contributed by atoms with E-state index < -0.39 is 15.6 Å². The van der Waals surface area contributed by atoms with Crippen molar-refractivity contribution in [1.82, 2.24) is 9.62 Å². The van der Waals surface area contributed by atoms with Gasteiger partial charge in [0.25, 0.3) is 0 Å². The Bertz CT molecular complexity index is 940. The van der Waals surface area contributed by atoms with Gasteiger partial charge in [-0.25, -0.2) is 8.42 Å². The summed E-state index contributed by atoms with van der Waals surface area (Å²) in [4.78, 5) is 28.4. The minimum absolute atomic E-state index is 0.0375. The van der Waals surface area contributed by atoms with Crippen LogP contribution in [0, 0.1) is 13.8 Å². The van der Waals surface area contributed by atoms with E-state index in [-0.39, 0.29) is 36.7 Å². The summed E-state index contributed by atoms with van der Waals surface area (Å²) in [5.41, 5.74) is 1.41. The number of nitrogens with one attached hydrogen (secondary N) is 1.